The fraction of sp³-hybridized carbons (Fsp3) is 0.471. The van der Waals surface area contributed by atoms with E-state index in [2.05, 4.69) is 15.2 Å². The van der Waals surface area contributed by atoms with Gasteiger partial charge in [0.15, 0.2) is 0 Å². The molecular weight excluding hydrogens is 306 g/mol. The number of nitrogens with zero attached hydrogens (tertiary/aromatic N) is 5. The molecule has 0 saturated carbocycles. The largest absolute Gasteiger partial charge is 0.480 e. The smallest absolute Gasteiger partial charge is 0.317 e. The first-order chi connectivity index (χ1) is 11.6. The predicted octanol–water partition coefficient (Wildman–Crippen LogP) is 1.25. The molecule has 3 rings (SSSR count). The Labute approximate surface area is 141 Å². The van der Waals surface area contributed by atoms with E-state index in [0.29, 0.717) is 6.04 Å². The van der Waals surface area contributed by atoms with Gasteiger partial charge in [-0.2, -0.15) is 0 Å². The normalized spacial score (nSPS) is 16.6. The number of aliphatic carboxylic acids is 1. The quantitative estimate of drug-likeness (QED) is 0.860. The van der Waals surface area contributed by atoms with Gasteiger partial charge in [0.1, 0.15) is 0 Å². The van der Waals surface area contributed by atoms with Crippen molar-refractivity contribution in [1.29, 1.82) is 0 Å². The zero-order chi connectivity index (χ0) is 16.9. The van der Waals surface area contributed by atoms with Crippen molar-refractivity contribution in [1.82, 2.24) is 24.8 Å². The molecule has 128 valence electrons. The van der Waals surface area contributed by atoms with E-state index in [-0.39, 0.29) is 6.54 Å². The number of carboxylic acids is 1. The predicted molar refractivity (Wildman–Crippen MR) is 89.9 cm³/mol. The summed E-state index contributed by atoms with van der Waals surface area (Å²) in [6.07, 6.45) is 3.94. The van der Waals surface area contributed by atoms with Gasteiger partial charge >= 0.3 is 5.97 Å². The number of likely N-dealkylation sites (tertiary alicyclic amines) is 1. The van der Waals surface area contributed by atoms with Gasteiger partial charge in [0.05, 0.1) is 24.1 Å². The molecule has 0 aliphatic carbocycles. The van der Waals surface area contributed by atoms with Crippen molar-refractivity contribution < 1.29 is 9.90 Å². The number of carbonyl (C=O) groups is 1. The van der Waals surface area contributed by atoms with Crippen LogP contribution >= 0.6 is 0 Å². The minimum absolute atomic E-state index is 0.107. The Kier molecular flexibility index (Phi) is 5.22. The van der Waals surface area contributed by atoms with Crippen LogP contribution in [0.25, 0.3) is 5.69 Å². The summed E-state index contributed by atoms with van der Waals surface area (Å²) >= 11 is 0. The van der Waals surface area contributed by atoms with Crippen LogP contribution in [0.4, 0.5) is 0 Å². The van der Waals surface area contributed by atoms with Gasteiger partial charge in [-0.05, 0) is 32.0 Å². The van der Waals surface area contributed by atoms with E-state index in [9.17, 15) is 4.79 Å². The molecule has 7 nitrogen and oxygen atoms in total. The summed E-state index contributed by atoms with van der Waals surface area (Å²) in [6.45, 7) is 2.79. The van der Waals surface area contributed by atoms with E-state index >= 15 is 0 Å². The molecular formula is C17H23N5O2. The average molecular weight is 329 g/mol. The zero-order valence-electron chi connectivity index (χ0n) is 13.9. The molecule has 2 aromatic rings. The maximum absolute atomic E-state index is 10.8. The lowest BCUT2D eigenvalue weighted by Gasteiger charge is -2.35. The molecule has 0 spiro atoms. The number of likely N-dealkylation sites (N-methyl/N-ethyl adjacent to an activating group) is 1. The summed E-state index contributed by atoms with van der Waals surface area (Å²) in [7, 11) is 1.89. The Morgan fingerprint density at radius 2 is 2.00 bits per heavy atom. The average Bonchev–Trinajstić information content (AvgIpc) is 3.04. The summed E-state index contributed by atoms with van der Waals surface area (Å²) < 4.78 is 1.79. The third kappa shape index (κ3) is 4.18. The Balaban J connectivity index is 1.52. The number of benzene rings is 1. The highest BCUT2D eigenvalue weighted by molar-refractivity contribution is 5.69. The van der Waals surface area contributed by atoms with E-state index in [4.69, 9.17) is 5.11 Å². The lowest BCUT2D eigenvalue weighted by Crippen LogP contribution is -2.44. The van der Waals surface area contributed by atoms with Crippen molar-refractivity contribution >= 4 is 5.97 Å². The monoisotopic (exact) mass is 329 g/mol. The van der Waals surface area contributed by atoms with Crippen LogP contribution in [0.2, 0.25) is 0 Å². The van der Waals surface area contributed by atoms with Crippen LogP contribution in [0.5, 0.6) is 0 Å². The van der Waals surface area contributed by atoms with Crippen molar-refractivity contribution in [2.75, 3.05) is 26.7 Å². The van der Waals surface area contributed by atoms with Gasteiger partial charge < -0.3 is 5.11 Å². The van der Waals surface area contributed by atoms with E-state index in [1.165, 1.54) is 0 Å². The Morgan fingerprint density at radius 3 is 2.67 bits per heavy atom. The van der Waals surface area contributed by atoms with Crippen LogP contribution in [0.15, 0.2) is 36.5 Å². The highest BCUT2D eigenvalue weighted by Gasteiger charge is 2.24. The van der Waals surface area contributed by atoms with Crippen LogP contribution in [0.1, 0.15) is 18.5 Å². The first-order valence-corrected chi connectivity index (χ1v) is 8.23. The maximum atomic E-state index is 10.8. The Bertz CT molecular complexity index is 665. The topological polar surface area (TPSA) is 74.5 Å². The SMILES string of the molecule is CN(CC(=O)O)C1CCN(Cc2cn(-c3ccccc3)nn2)CC1. The van der Waals surface area contributed by atoms with Crippen LogP contribution in [-0.2, 0) is 11.3 Å². The van der Waals surface area contributed by atoms with Gasteiger partial charge in [-0.1, -0.05) is 23.4 Å². The molecule has 0 unspecified atom stereocenters. The fourth-order valence-corrected chi connectivity index (χ4v) is 3.17. The second-order valence-corrected chi connectivity index (χ2v) is 6.31. The van der Waals surface area contributed by atoms with E-state index in [1.54, 1.807) is 4.68 Å². The molecule has 0 atom stereocenters. The number of hydrogen-bond donors (Lipinski definition) is 1. The molecule has 1 aromatic heterocycles. The summed E-state index contributed by atoms with van der Waals surface area (Å²) in [5.41, 5.74) is 1.96. The molecule has 0 bridgehead atoms. The van der Waals surface area contributed by atoms with Crippen LogP contribution < -0.4 is 0 Å². The first-order valence-electron chi connectivity index (χ1n) is 8.23. The molecule has 2 heterocycles. The fourth-order valence-electron chi connectivity index (χ4n) is 3.17. The maximum Gasteiger partial charge on any atom is 0.317 e. The van der Waals surface area contributed by atoms with Crippen LogP contribution in [0, 0.1) is 0 Å². The first kappa shape index (κ1) is 16.6. The van der Waals surface area contributed by atoms with Crippen LogP contribution in [0.3, 0.4) is 0 Å². The number of piperidine rings is 1. The van der Waals surface area contributed by atoms with Gasteiger partial charge in [0.2, 0.25) is 0 Å². The molecule has 1 aliphatic heterocycles. The molecule has 1 aromatic carbocycles. The molecule has 1 fully saturated rings. The number of hydrogen-bond acceptors (Lipinski definition) is 5. The minimum atomic E-state index is -0.766. The summed E-state index contributed by atoms with van der Waals surface area (Å²) in [6, 6.07) is 10.3. The second kappa shape index (κ2) is 7.55. The van der Waals surface area contributed by atoms with E-state index in [0.717, 1.165) is 43.9 Å². The second-order valence-electron chi connectivity index (χ2n) is 6.31. The van der Waals surface area contributed by atoms with Gasteiger partial charge in [-0.15, -0.1) is 5.10 Å². The van der Waals surface area contributed by atoms with Gasteiger partial charge in [0, 0.05) is 25.7 Å². The van der Waals surface area contributed by atoms with Gasteiger partial charge in [-0.3, -0.25) is 14.6 Å². The zero-order valence-corrected chi connectivity index (χ0v) is 13.9. The van der Waals surface area contributed by atoms with Crippen molar-refractivity contribution in [3.8, 4) is 5.69 Å². The molecule has 0 radical (unpaired) electrons. The van der Waals surface area contributed by atoms with Gasteiger partial charge in [-0.25, -0.2) is 4.68 Å². The lowest BCUT2D eigenvalue weighted by atomic mass is 10.0. The highest BCUT2D eigenvalue weighted by atomic mass is 16.4. The summed E-state index contributed by atoms with van der Waals surface area (Å²) in [4.78, 5) is 15.1. The number of para-hydroxylation sites is 1. The minimum Gasteiger partial charge on any atom is -0.480 e. The highest BCUT2D eigenvalue weighted by Crippen LogP contribution is 2.17. The molecule has 7 heteroatoms. The number of carboxylic acid groups (broad SMARTS) is 1. The van der Waals surface area contributed by atoms with Crippen LogP contribution in [-0.4, -0.2) is 68.6 Å². The molecule has 1 saturated heterocycles. The van der Waals surface area contributed by atoms with Crippen molar-refractivity contribution in [3.63, 3.8) is 0 Å². The van der Waals surface area contributed by atoms with E-state index < -0.39 is 5.97 Å². The molecule has 1 aliphatic rings. The summed E-state index contributed by atoms with van der Waals surface area (Å²) in [5, 5.41) is 17.3. The van der Waals surface area contributed by atoms with E-state index in [1.807, 2.05) is 48.5 Å². The summed E-state index contributed by atoms with van der Waals surface area (Å²) in [5.74, 6) is -0.766. The third-order valence-electron chi connectivity index (χ3n) is 4.51. The van der Waals surface area contributed by atoms with Crippen molar-refractivity contribution in [2.24, 2.45) is 0 Å². The molecule has 1 N–H and O–H groups in total. The third-order valence-corrected chi connectivity index (χ3v) is 4.51. The molecule has 24 heavy (non-hydrogen) atoms. The van der Waals surface area contributed by atoms with Gasteiger partial charge in [0.25, 0.3) is 0 Å². The number of aromatic nitrogens is 3. The Morgan fingerprint density at radius 1 is 1.29 bits per heavy atom. The van der Waals surface area contributed by atoms with Crippen molar-refractivity contribution in [2.45, 2.75) is 25.4 Å². The Hall–Kier alpha value is -2.25. The standard InChI is InChI=1S/C17H23N5O2/c1-20(13-17(23)24)15-7-9-21(10-8-15)11-14-12-22(19-18-14)16-5-3-2-4-6-16/h2-6,12,15H,7-11,13H2,1H3,(H,23,24). The number of rotatable bonds is 6. The lowest BCUT2D eigenvalue weighted by molar-refractivity contribution is -0.138. The van der Waals surface area contributed by atoms with Crippen molar-refractivity contribution in [3.05, 3.63) is 42.2 Å². The molecule has 0 amide bonds.